The maximum atomic E-state index is 13.2. The van der Waals surface area contributed by atoms with Crippen LogP contribution in [0.4, 0.5) is 0 Å². The molecule has 0 bridgehead atoms. The number of carboxylic acid groups (broad SMARTS) is 1. The van der Waals surface area contributed by atoms with Crippen molar-refractivity contribution >= 4 is 39.0 Å². The molecule has 0 aliphatic carbocycles. The van der Waals surface area contributed by atoms with Crippen molar-refractivity contribution in [3.63, 3.8) is 0 Å². The van der Waals surface area contributed by atoms with Gasteiger partial charge in [-0.25, -0.2) is 9.78 Å². The molecule has 4 rings (SSSR count). The number of carbonyl (C=O) groups is 1. The summed E-state index contributed by atoms with van der Waals surface area (Å²) in [7, 11) is 0. The van der Waals surface area contributed by atoms with E-state index < -0.39 is 5.97 Å². The number of aromatic carboxylic acids is 1. The minimum absolute atomic E-state index is 0.215. The number of carboxylic acids is 1. The summed E-state index contributed by atoms with van der Waals surface area (Å²) in [6.45, 7) is 2.32. The van der Waals surface area contributed by atoms with Crippen molar-refractivity contribution in [2.75, 3.05) is 0 Å². The summed E-state index contributed by atoms with van der Waals surface area (Å²) in [5.74, 6) is 0.247. The van der Waals surface area contributed by atoms with Gasteiger partial charge in [0.25, 0.3) is 5.56 Å². The molecule has 8 heteroatoms. The predicted molar refractivity (Wildman–Crippen MR) is 139 cm³/mol. The van der Waals surface area contributed by atoms with Crippen molar-refractivity contribution in [2.24, 2.45) is 5.10 Å². The van der Waals surface area contributed by atoms with Crippen molar-refractivity contribution < 1.29 is 14.6 Å². The molecule has 0 saturated carbocycles. The van der Waals surface area contributed by atoms with Crippen molar-refractivity contribution in [3.8, 4) is 5.75 Å². The van der Waals surface area contributed by atoms with Gasteiger partial charge in [0, 0.05) is 10.9 Å². The molecule has 3 aromatic carbocycles. The zero-order chi connectivity index (χ0) is 24.8. The van der Waals surface area contributed by atoms with Gasteiger partial charge in [-0.05, 0) is 60.0 Å². The third kappa shape index (κ3) is 6.02. The van der Waals surface area contributed by atoms with Gasteiger partial charge in [0.15, 0.2) is 0 Å². The number of halogens is 1. The largest absolute Gasteiger partial charge is 0.489 e. The Morgan fingerprint density at radius 2 is 1.97 bits per heavy atom. The molecule has 0 aliphatic heterocycles. The third-order valence-electron chi connectivity index (χ3n) is 5.39. The first-order valence-corrected chi connectivity index (χ1v) is 12.0. The van der Waals surface area contributed by atoms with Crippen molar-refractivity contribution in [3.05, 3.63) is 104 Å². The Balaban J connectivity index is 1.59. The first-order chi connectivity index (χ1) is 16.9. The van der Waals surface area contributed by atoms with Crippen LogP contribution in [0.15, 0.2) is 81.1 Å². The standard InChI is InChI=1S/C27H24BrN3O4/c1-2-3-10-25-30-24-12-11-21(28)15-23(24)26(32)31(25)29-16-18-6-5-9-22(14-18)35-17-19-7-4-8-20(13-19)27(33)34/h4-9,11-16H,2-3,10,17H2,1H3,(H,33,34). The molecule has 0 fully saturated rings. The maximum Gasteiger partial charge on any atom is 0.335 e. The Hall–Kier alpha value is -3.78. The first-order valence-electron chi connectivity index (χ1n) is 11.2. The Labute approximate surface area is 210 Å². The van der Waals surface area contributed by atoms with Crippen LogP contribution < -0.4 is 10.3 Å². The molecule has 0 unspecified atom stereocenters. The number of aromatic nitrogens is 2. The molecule has 1 N–H and O–H groups in total. The van der Waals surface area contributed by atoms with Crippen LogP contribution in [0.5, 0.6) is 5.75 Å². The average molecular weight is 534 g/mol. The van der Waals surface area contributed by atoms with Gasteiger partial charge in [-0.3, -0.25) is 4.79 Å². The van der Waals surface area contributed by atoms with E-state index in [0.29, 0.717) is 28.9 Å². The van der Waals surface area contributed by atoms with Gasteiger partial charge in [0.05, 0.1) is 22.7 Å². The molecular formula is C27H24BrN3O4. The van der Waals surface area contributed by atoms with Crippen molar-refractivity contribution in [1.29, 1.82) is 0 Å². The molecule has 4 aromatic rings. The van der Waals surface area contributed by atoms with E-state index in [4.69, 9.17) is 9.84 Å². The lowest BCUT2D eigenvalue weighted by atomic mass is 10.1. The molecule has 0 radical (unpaired) electrons. The minimum Gasteiger partial charge on any atom is -0.489 e. The lowest BCUT2D eigenvalue weighted by Crippen LogP contribution is -2.22. The second-order valence-electron chi connectivity index (χ2n) is 8.02. The fourth-order valence-corrected chi connectivity index (χ4v) is 3.94. The monoisotopic (exact) mass is 533 g/mol. The number of nitrogens with zero attached hydrogens (tertiary/aromatic N) is 3. The highest BCUT2D eigenvalue weighted by Crippen LogP contribution is 2.18. The van der Waals surface area contributed by atoms with E-state index in [9.17, 15) is 9.59 Å². The first kappa shape index (κ1) is 24.3. The van der Waals surface area contributed by atoms with E-state index in [0.717, 1.165) is 28.4 Å². The van der Waals surface area contributed by atoms with Crippen molar-refractivity contribution in [2.45, 2.75) is 32.8 Å². The van der Waals surface area contributed by atoms with Crippen LogP contribution in [0.1, 0.15) is 47.1 Å². The summed E-state index contributed by atoms with van der Waals surface area (Å²) in [5.41, 5.74) is 2.16. The van der Waals surface area contributed by atoms with Gasteiger partial charge in [-0.2, -0.15) is 9.78 Å². The van der Waals surface area contributed by atoms with E-state index >= 15 is 0 Å². The van der Waals surface area contributed by atoms with E-state index in [-0.39, 0.29) is 17.7 Å². The van der Waals surface area contributed by atoms with Crippen LogP contribution in [0.2, 0.25) is 0 Å². The van der Waals surface area contributed by atoms with Gasteiger partial charge in [-0.1, -0.05) is 53.5 Å². The topological polar surface area (TPSA) is 93.8 Å². The highest BCUT2D eigenvalue weighted by molar-refractivity contribution is 9.10. The summed E-state index contributed by atoms with van der Waals surface area (Å²) in [4.78, 5) is 29.1. The Bertz CT molecular complexity index is 1460. The van der Waals surface area contributed by atoms with Gasteiger partial charge < -0.3 is 9.84 Å². The molecule has 35 heavy (non-hydrogen) atoms. The van der Waals surface area contributed by atoms with Crippen LogP contribution in [0, 0.1) is 0 Å². The van der Waals surface area contributed by atoms with Crippen LogP contribution in [0.3, 0.4) is 0 Å². The molecule has 178 valence electrons. The Morgan fingerprint density at radius 3 is 2.77 bits per heavy atom. The summed E-state index contributed by atoms with van der Waals surface area (Å²) in [5, 5.41) is 14.1. The number of hydrogen-bond acceptors (Lipinski definition) is 5. The number of hydrogen-bond donors (Lipinski definition) is 1. The number of unbranched alkanes of at least 4 members (excludes halogenated alkanes) is 1. The van der Waals surface area contributed by atoms with Crippen LogP contribution in [0.25, 0.3) is 10.9 Å². The van der Waals surface area contributed by atoms with Crippen LogP contribution in [-0.2, 0) is 13.0 Å². The summed E-state index contributed by atoms with van der Waals surface area (Å²) >= 11 is 3.42. The second-order valence-corrected chi connectivity index (χ2v) is 8.94. The quantitative estimate of drug-likeness (QED) is 0.280. The van der Waals surface area contributed by atoms with Crippen LogP contribution >= 0.6 is 15.9 Å². The zero-order valence-corrected chi connectivity index (χ0v) is 20.7. The number of benzene rings is 3. The second kappa shape index (κ2) is 11.1. The van der Waals surface area contributed by atoms with Crippen molar-refractivity contribution in [1.82, 2.24) is 9.66 Å². The van der Waals surface area contributed by atoms with Crippen LogP contribution in [-0.4, -0.2) is 27.0 Å². The molecule has 0 saturated heterocycles. The minimum atomic E-state index is -0.978. The maximum absolute atomic E-state index is 13.2. The number of fused-ring (bicyclic) bond motifs is 1. The van der Waals surface area contributed by atoms with Gasteiger partial charge in [0.1, 0.15) is 18.2 Å². The van der Waals surface area contributed by atoms with E-state index in [1.807, 2.05) is 42.5 Å². The lowest BCUT2D eigenvalue weighted by Gasteiger charge is -2.10. The molecule has 7 nitrogen and oxygen atoms in total. The third-order valence-corrected chi connectivity index (χ3v) is 5.88. The molecule has 0 atom stereocenters. The number of aryl methyl sites for hydroxylation is 1. The molecule has 0 amide bonds. The Kier molecular flexibility index (Phi) is 7.72. The summed E-state index contributed by atoms with van der Waals surface area (Å²) < 4.78 is 8.03. The zero-order valence-electron chi connectivity index (χ0n) is 19.1. The summed E-state index contributed by atoms with van der Waals surface area (Å²) in [6, 6.07) is 19.4. The fourth-order valence-electron chi connectivity index (χ4n) is 3.58. The molecular weight excluding hydrogens is 510 g/mol. The average Bonchev–Trinajstić information content (AvgIpc) is 2.86. The normalized spacial score (nSPS) is 11.3. The van der Waals surface area contributed by atoms with E-state index in [1.54, 1.807) is 30.5 Å². The SMILES string of the molecule is CCCCc1nc2ccc(Br)cc2c(=O)n1N=Cc1cccc(OCc2cccc(C(=O)O)c2)c1. The number of ether oxygens (including phenoxy) is 1. The number of rotatable bonds is 9. The molecule has 1 aromatic heterocycles. The summed E-state index contributed by atoms with van der Waals surface area (Å²) in [6.07, 6.45) is 4.14. The predicted octanol–water partition coefficient (Wildman–Crippen LogP) is 5.66. The van der Waals surface area contributed by atoms with Gasteiger partial charge >= 0.3 is 5.97 Å². The fraction of sp³-hybridized carbons (Fsp3) is 0.185. The van der Waals surface area contributed by atoms with Gasteiger partial charge in [-0.15, -0.1) is 0 Å². The van der Waals surface area contributed by atoms with Gasteiger partial charge in [0.2, 0.25) is 0 Å². The Morgan fingerprint density at radius 1 is 1.14 bits per heavy atom. The van der Waals surface area contributed by atoms with E-state index in [2.05, 4.69) is 32.9 Å². The smallest absolute Gasteiger partial charge is 0.335 e. The van der Waals surface area contributed by atoms with E-state index in [1.165, 1.54) is 4.68 Å². The molecule has 0 spiro atoms. The molecule has 0 aliphatic rings. The highest BCUT2D eigenvalue weighted by atomic mass is 79.9. The molecule has 1 heterocycles. The highest BCUT2D eigenvalue weighted by Gasteiger charge is 2.11. The lowest BCUT2D eigenvalue weighted by molar-refractivity contribution is 0.0696.